The highest BCUT2D eigenvalue weighted by Gasteiger charge is 2.14. The smallest absolute Gasteiger partial charge is 0.241 e. The molecule has 0 saturated heterocycles. The molecule has 1 heterocycles. The number of nitrogens with one attached hydrogen (secondary N) is 3. The Morgan fingerprint density at radius 3 is 2.64 bits per heavy atom. The lowest BCUT2D eigenvalue weighted by atomic mass is 9.98. The van der Waals surface area contributed by atoms with Crippen LogP contribution in [0.1, 0.15) is 58.3 Å². The van der Waals surface area contributed by atoms with E-state index < -0.39 is 0 Å². The van der Waals surface area contributed by atoms with Crippen LogP contribution >= 0.6 is 24.0 Å². The Balaban J connectivity index is 0.00000385. The van der Waals surface area contributed by atoms with E-state index in [2.05, 4.69) is 20.9 Å². The Morgan fingerprint density at radius 2 is 1.85 bits per heavy atom. The first-order valence-corrected chi connectivity index (χ1v) is 12.1. The Hall–Kier alpha value is -1.75. The van der Waals surface area contributed by atoms with Crippen molar-refractivity contribution >= 4 is 41.5 Å². The molecule has 1 aliphatic heterocycles. The second kappa shape index (κ2) is 16.0. The second-order valence-electron chi connectivity index (χ2n) is 8.26. The maximum absolute atomic E-state index is 12.0. The minimum atomic E-state index is -0.0905. The quantitative estimate of drug-likeness (QED) is 0.169. The second-order valence-corrected chi connectivity index (χ2v) is 8.26. The molecule has 8 nitrogen and oxygen atoms in total. The summed E-state index contributed by atoms with van der Waals surface area (Å²) in [6.07, 6.45) is 9.30. The molecule has 1 saturated carbocycles. The lowest BCUT2D eigenvalue weighted by Gasteiger charge is -2.22. The van der Waals surface area contributed by atoms with Gasteiger partial charge in [0, 0.05) is 37.9 Å². The summed E-state index contributed by atoms with van der Waals surface area (Å²) in [6, 6.07) is 5.72. The van der Waals surface area contributed by atoms with E-state index in [9.17, 15) is 4.79 Å². The summed E-state index contributed by atoms with van der Waals surface area (Å²) in [4.78, 5) is 16.5. The van der Waals surface area contributed by atoms with Crippen molar-refractivity contribution in [3.05, 3.63) is 18.2 Å². The number of guanidine groups is 1. The maximum Gasteiger partial charge on any atom is 0.241 e. The summed E-state index contributed by atoms with van der Waals surface area (Å²) < 4.78 is 17.5. The van der Waals surface area contributed by atoms with Crippen LogP contribution in [-0.4, -0.2) is 57.4 Å². The average Bonchev–Trinajstić information content (AvgIpc) is 3.06. The first-order chi connectivity index (χ1) is 15.7. The van der Waals surface area contributed by atoms with Gasteiger partial charge in [-0.3, -0.25) is 4.79 Å². The van der Waals surface area contributed by atoms with Crippen LogP contribution in [0.3, 0.4) is 0 Å². The number of ether oxygens (including phenoxy) is 3. The van der Waals surface area contributed by atoms with E-state index in [0.717, 1.165) is 37.3 Å². The summed E-state index contributed by atoms with van der Waals surface area (Å²) in [5, 5.41) is 9.45. The van der Waals surface area contributed by atoms with Gasteiger partial charge < -0.3 is 30.2 Å². The Kier molecular flexibility index (Phi) is 13.3. The summed E-state index contributed by atoms with van der Waals surface area (Å²) in [6.45, 7) is 5.48. The minimum absolute atomic E-state index is 0. The van der Waals surface area contributed by atoms with Crippen LogP contribution in [0.25, 0.3) is 0 Å². The van der Waals surface area contributed by atoms with Gasteiger partial charge in [-0.1, -0.05) is 26.2 Å². The summed E-state index contributed by atoms with van der Waals surface area (Å²) in [5.41, 5.74) is 0.827. The van der Waals surface area contributed by atoms with Crippen LogP contribution in [0, 0.1) is 0 Å². The molecule has 186 valence electrons. The third-order valence-electron chi connectivity index (χ3n) is 5.48. The number of carbonyl (C=O) groups is 1. The number of anilines is 1. The molecule has 9 heteroatoms. The van der Waals surface area contributed by atoms with Crippen LogP contribution in [0.15, 0.2) is 23.2 Å². The number of halogens is 1. The van der Waals surface area contributed by atoms with Crippen molar-refractivity contribution in [1.82, 2.24) is 10.6 Å². The van der Waals surface area contributed by atoms with Crippen molar-refractivity contribution in [2.75, 3.05) is 44.8 Å². The molecule has 1 fully saturated rings. The van der Waals surface area contributed by atoms with Gasteiger partial charge in [0.15, 0.2) is 17.5 Å². The molecule has 1 amide bonds. The fourth-order valence-electron chi connectivity index (χ4n) is 3.75. The highest BCUT2D eigenvalue weighted by Crippen LogP contribution is 2.32. The molecular formula is C24H39IN4O4. The summed E-state index contributed by atoms with van der Waals surface area (Å²) >= 11 is 0. The van der Waals surface area contributed by atoms with E-state index in [1.165, 1.54) is 32.1 Å². The molecular weight excluding hydrogens is 535 g/mol. The number of rotatable bonds is 10. The normalized spacial score (nSPS) is 16.3. The minimum Gasteiger partial charge on any atom is -0.490 e. The molecule has 0 radical (unpaired) electrons. The number of hydrogen-bond acceptors (Lipinski definition) is 5. The van der Waals surface area contributed by atoms with Crippen molar-refractivity contribution in [2.24, 2.45) is 4.99 Å². The van der Waals surface area contributed by atoms with Crippen LogP contribution in [0.2, 0.25) is 0 Å². The average molecular weight is 575 g/mol. The Morgan fingerprint density at radius 1 is 1.06 bits per heavy atom. The first-order valence-electron chi connectivity index (χ1n) is 12.1. The van der Waals surface area contributed by atoms with Gasteiger partial charge in [0.2, 0.25) is 5.91 Å². The number of hydrogen-bond donors (Lipinski definition) is 3. The number of aliphatic imine (C=N–C) groups is 1. The maximum atomic E-state index is 12.0. The SMILES string of the molecule is CCCNC(=O)CN=C(NCCCOC1CCCCC1)Nc1ccc2c(c1)OCCCO2.I. The predicted molar refractivity (Wildman–Crippen MR) is 142 cm³/mol. The van der Waals surface area contributed by atoms with Crippen LogP contribution in [0.4, 0.5) is 5.69 Å². The molecule has 0 bridgehead atoms. The van der Waals surface area contributed by atoms with E-state index >= 15 is 0 Å². The van der Waals surface area contributed by atoms with Gasteiger partial charge >= 0.3 is 0 Å². The first kappa shape index (κ1) is 27.5. The summed E-state index contributed by atoms with van der Waals surface area (Å²) in [5.74, 6) is 1.93. The molecule has 1 aromatic carbocycles. The van der Waals surface area contributed by atoms with Gasteiger partial charge in [-0.25, -0.2) is 4.99 Å². The fraction of sp³-hybridized carbons (Fsp3) is 0.667. The zero-order chi connectivity index (χ0) is 22.4. The van der Waals surface area contributed by atoms with Crippen molar-refractivity contribution in [3.63, 3.8) is 0 Å². The summed E-state index contributed by atoms with van der Waals surface area (Å²) in [7, 11) is 0. The van der Waals surface area contributed by atoms with E-state index in [1.54, 1.807) is 0 Å². The van der Waals surface area contributed by atoms with Gasteiger partial charge in [-0.05, 0) is 37.8 Å². The van der Waals surface area contributed by atoms with E-state index in [4.69, 9.17) is 14.2 Å². The highest BCUT2D eigenvalue weighted by molar-refractivity contribution is 14.0. The monoisotopic (exact) mass is 574 g/mol. The van der Waals surface area contributed by atoms with Gasteiger partial charge in [0.25, 0.3) is 0 Å². The molecule has 0 spiro atoms. The number of fused-ring (bicyclic) bond motifs is 1. The molecule has 0 unspecified atom stereocenters. The molecule has 1 aromatic rings. The van der Waals surface area contributed by atoms with Crippen molar-refractivity contribution in [3.8, 4) is 11.5 Å². The Bertz CT molecular complexity index is 741. The van der Waals surface area contributed by atoms with Gasteiger partial charge in [0.05, 0.1) is 19.3 Å². The van der Waals surface area contributed by atoms with Crippen molar-refractivity contribution in [2.45, 2.75) is 64.4 Å². The number of benzene rings is 1. The molecule has 2 aliphatic rings. The topological polar surface area (TPSA) is 93.2 Å². The molecule has 0 atom stereocenters. The number of nitrogens with zero attached hydrogens (tertiary/aromatic N) is 1. The van der Waals surface area contributed by atoms with Gasteiger partial charge in [-0.15, -0.1) is 24.0 Å². The van der Waals surface area contributed by atoms with Crippen molar-refractivity contribution in [1.29, 1.82) is 0 Å². The zero-order valence-electron chi connectivity index (χ0n) is 19.7. The molecule has 1 aliphatic carbocycles. The fourth-order valence-corrected chi connectivity index (χ4v) is 3.75. The predicted octanol–water partition coefficient (Wildman–Crippen LogP) is 4.09. The van der Waals surface area contributed by atoms with Crippen LogP contribution < -0.4 is 25.4 Å². The van der Waals surface area contributed by atoms with E-state index in [1.807, 2.05) is 25.1 Å². The molecule has 33 heavy (non-hydrogen) atoms. The largest absolute Gasteiger partial charge is 0.490 e. The molecule has 3 N–H and O–H groups in total. The molecule has 0 aromatic heterocycles. The number of carbonyl (C=O) groups excluding carboxylic acids is 1. The van der Waals surface area contributed by atoms with Crippen molar-refractivity contribution < 1.29 is 19.0 Å². The van der Waals surface area contributed by atoms with E-state index in [0.29, 0.717) is 44.1 Å². The van der Waals surface area contributed by atoms with E-state index in [-0.39, 0.29) is 36.4 Å². The zero-order valence-corrected chi connectivity index (χ0v) is 22.0. The third kappa shape index (κ3) is 10.4. The van der Waals surface area contributed by atoms with Crippen LogP contribution in [0.5, 0.6) is 11.5 Å². The lowest BCUT2D eigenvalue weighted by Crippen LogP contribution is -2.34. The lowest BCUT2D eigenvalue weighted by molar-refractivity contribution is -0.119. The highest BCUT2D eigenvalue weighted by atomic mass is 127. The Labute approximate surface area is 214 Å². The third-order valence-corrected chi connectivity index (χ3v) is 5.48. The standard InChI is InChI=1S/C24H38N4O4.HI/c1-2-12-25-23(29)18-27-24(26-13-6-14-30-20-8-4-3-5-9-20)28-19-10-11-21-22(17-19)32-16-7-15-31-21;/h10-11,17,20H,2-9,12-16,18H2,1H3,(H,25,29)(H2,26,27,28);1H. The van der Waals surface area contributed by atoms with Crippen LogP contribution in [-0.2, 0) is 9.53 Å². The number of amides is 1. The van der Waals surface area contributed by atoms with Gasteiger partial charge in [0.1, 0.15) is 6.54 Å². The van der Waals surface area contributed by atoms with Gasteiger partial charge in [-0.2, -0.15) is 0 Å². The molecule has 3 rings (SSSR count).